The molecule has 5 nitrogen and oxygen atoms in total. The van der Waals surface area contributed by atoms with Crippen LogP contribution in [0.25, 0.3) is 0 Å². The monoisotopic (exact) mass is 307 g/mol. The van der Waals surface area contributed by atoms with Crippen LogP contribution >= 0.6 is 23.3 Å². The molecule has 0 bridgehead atoms. The van der Waals surface area contributed by atoms with Crippen LogP contribution in [-0.2, 0) is 16.3 Å². The van der Waals surface area contributed by atoms with Gasteiger partial charge in [-0.1, -0.05) is 18.7 Å². The number of nitrogens with one attached hydrogen (secondary N) is 1. The second-order valence-corrected chi connectivity index (χ2v) is 8.56. The quantitative estimate of drug-likeness (QED) is 0.624. The highest BCUT2D eigenvalue weighted by Gasteiger charge is 2.26. The first kappa shape index (κ1) is 14.2. The van der Waals surface area contributed by atoms with Gasteiger partial charge < -0.3 is 5.32 Å². The second-order valence-electron chi connectivity index (χ2n) is 4.23. The summed E-state index contributed by atoms with van der Waals surface area (Å²) in [5.74, 6) is 2.41. The number of rotatable bonds is 6. The van der Waals surface area contributed by atoms with E-state index in [1.165, 1.54) is 11.5 Å². The molecule has 0 radical (unpaired) electrons. The van der Waals surface area contributed by atoms with E-state index in [4.69, 9.17) is 0 Å². The molecule has 1 aromatic rings. The second kappa shape index (κ2) is 6.31. The van der Waals surface area contributed by atoms with E-state index in [-0.39, 0.29) is 11.8 Å². The van der Waals surface area contributed by atoms with Crippen LogP contribution in [0, 0.1) is 0 Å². The number of aromatic nitrogens is 2. The third-order valence-corrected chi connectivity index (χ3v) is 6.40. The summed E-state index contributed by atoms with van der Waals surface area (Å²) in [6.45, 7) is 2.85. The number of hydrogen-bond donors (Lipinski definition) is 1. The average Bonchev–Trinajstić information content (AvgIpc) is 2.91. The van der Waals surface area contributed by atoms with Crippen molar-refractivity contribution in [2.24, 2.45) is 0 Å². The van der Waals surface area contributed by atoms with Crippen LogP contribution in [0.4, 0.5) is 0 Å². The fourth-order valence-corrected chi connectivity index (χ4v) is 5.14. The van der Waals surface area contributed by atoms with Gasteiger partial charge in [-0.15, -0.1) is 0 Å². The van der Waals surface area contributed by atoms with E-state index in [9.17, 15) is 8.42 Å². The standard InChI is InChI=1S/C10H17N3O2S3/c1-2-9-12-10(17-13-9)16-5-4-11-8-3-6-18(14,15)7-8/h8,11H,2-7H2,1H3. The van der Waals surface area contributed by atoms with Crippen molar-refractivity contribution in [1.29, 1.82) is 0 Å². The van der Waals surface area contributed by atoms with Crippen molar-refractivity contribution in [3.05, 3.63) is 5.82 Å². The van der Waals surface area contributed by atoms with Crippen LogP contribution in [0.2, 0.25) is 0 Å². The highest BCUT2D eigenvalue weighted by Crippen LogP contribution is 2.19. The molecule has 1 aliphatic heterocycles. The molecule has 0 aromatic carbocycles. The van der Waals surface area contributed by atoms with E-state index >= 15 is 0 Å². The van der Waals surface area contributed by atoms with E-state index in [2.05, 4.69) is 14.7 Å². The van der Waals surface area contributed by atoms with Crippen LogP contribution in [0.15, 0.2) is 4.34 Å². The summed E-state index contributed by atoms with van der Waals surface area (Å²) in [5, 5.41) is 3.28. The van der Waals surface area contributed by atoms with Crippen molar-refractivity contribution in [3.8, 4) is 0 Å². The minimum Gasteiger partial charge on any atom is -0.312 e. The molecule has 0 amide bonds. The highest BCUT2D eigenvalue weighted by atomic mass is 32.2. The van der Waals surface area contributed by atoms with Gasteiger partial charge in [0.2, 0.25) is 0 Å². The van der Waals surface area contributed by atoms with Gasteiger partial charge in [0.1, 0.15) is 5.82 Å². The lowest BCUT2D eigenvalue weighted by Crippen LogP contribution is -2.31. The summed E-state index contributed by atoms with van der Waals surface area (Å²) in [4.78, 5) is 4.37. The first-order valence-corrected chi connectivity index (χ1v) is 9.56. The summed E-state index contributed by atoms with van der Waals surface area (Å²) in [6, 6.07) is 0.135. The predicted octanol–water partition coefficient (Wildman–Crippen LogP) is 0.969. The van der Waals surface area contributed by atoms with Gasteiger partial charge in [-0.3, -0.25) is 0 Å². The Hall–Kier alpha value is -0.180. The third kappa shape index (κ3) is 4.18. The van der Waals surface area contributed by atoms with Crippen molar-refractivity contribution >= 4 is 33.1 Å². The summed E-state index contributed by atoms with van der Waals surface area (Å²) in [5.41, 5.74) is 0. The zero-order valence-electron chi connectivity index (χ0n) is 10.3. The molecule has 1 N–H and O–H groups in total. The molecular weight excluding hydrogens is 290 g/mol. The van der Waals surface area contributed by atoms with E-state index < -0.39 is 9.84 Å². The normalized spacial score (nSPS) is 22.4. The maximum atomic E-state index is 11.3. The topological polar surface area (TPSA) is 72.0 Å². The summed E-state index contributed by atoms with van der Waals surface area (Å²) in [6.07, 6.45) is 1.61. The lowest BCUT2D eigenvalue weighted by molar-refractivity contribution is 0.575. The Balaban J connectivity index is 1.64. The van der Waals surface area contributed by atoms with Crippen molar-refractivity contribution in [3.63, 3.8) is 0 Å². The minimum absolute atomic E-state index is 0.135. The summed E-state index contributed by atoms with van der Waals surface area (Å²) < 4.78 is 27.8. The smallest absolute Gasteiger partial charge is 0.170 e. The molecule has 2 rings (SSSR count). The molecule has 1 unspecified atom stereocenters. The Bertz CT molecular complexity index is 486. The molecule has 1 saturated heterocycles. The molecular formula is C10H17N3O2S3. The first-order valence-electron chi connectivity index (χ1n) is 5.98. The Morgan fingerprint density at radius 1 is 1.56 bits per heavy atom. The van der Waals surface area contributed by atoms with Gasteiger partial charge in [0.05, 0.1) is 11.5 Å². The molecule has 1 atom stereocenters. The number of hydrogen-bond acceptors (Lipinski definition) is 7. The average molecular weight is 307 g/mol. The maximum Gasteiger partial charge on any atom is 0.170 e. The van der Waals surface area contributed by atoms with Crippen LogP contribution in [0.3, 0.4) is 0 Å². The van der Waals surface area contributed by atoms with Crippen LogP contribution < -0.4 is 5.32 Å². The van der Waals surface area contributed by atoms with Crippen molar-refractivity contribution in [2.75, 3.05) is 23.8 Å². The molecule has 0 saturated carbocycles. The fourth-order valence-electron chi connectivity index (χ4n) is 1.80. The zero-order chi connectivity index (χ0) is 13.0. The number of thioether (sulfide) groups is 1. The van der Waals surface area contributed by atoms with Gasteiger partial charge >= 0.3 is 0 Å². The molecule has 18 heavy (non-hydrogen) atoms. The summed E-state index contributed by atoms with van der Waals surface area (Å²) >= 11 is 3.11. The lowest BCUT2D eigenvalue weighted by Gasteiger charge is -2.09. The lowest BCUT2D eigenvalue weighted by atomic mass is 10.3. The van der Waals surface area contributed by atoms with Crippen LogP contribution in [0.1, 0.15) is 19.2 Å². The zero-order valence-corrected chi connectivity index (χ0v) is 12.7. The minimum atomic E-state index is -2.77. The molecule has 8 heteroatoms. The molecule has 1 aliphatic rings. The van der Waals surface area contributed by atoms with Gasteiger partial charge in [0, 0.05) is 24.8 Å². The first-order chi connectivity index (χ1) is 8.59. The molecule has 0 spiro atoms. The SMILES string of the molecule is CCc1nsc(SCCNC2CCS(=O)(=O)C2)n1. The van der Waals surface area contributed by atoms with E-state index in [0.29, 0.717) is 5.75 Å². The molecule has 1 fully saturated rings. The Morgan fingerprint density at radius 2 is 2.39 bits per heavy atom. The van der Waals surface area contributed by atoms with Crippen LogP contribution in [0.5, 0.6) is 0 Å². The number of sulfone groups is 1. The Morgan fingerprint density at radius 3 is 3.00 bits per heavy atom. The van der Waals surface area contributed by atoms with Crippen molar-refractivity contribution in [1.82, 2.24) is 14.7 Å². The number of aryl methyl sites for hydroxylation is 1. The van der Waals surface area contributed by atoms with Gasteiger partial charge in [-0.25, -0.2) is 13.4 Å². The molecule has 102 valence electrons. The van der Waals surface area contributed by atoms with Crippen molar-refractivity contribution < 1.29 is 8.42 Å². The van der Waals surface area contributed by atoms with Gasteiger partial charge in [0.25, 0.3) is 0 Å². The third-order valence-electron chi connectivity index (χ3n) is 2.76. The van der Waals surface area contributed by atoms with E-state index in [1.807, 2.05) is 6.92 Å². The molecule has 1 aromatic heterocycles. The van der Waals surface area contributed by atoms with Crippen molar-refractivity contribution in [2.45, 2.75) is 30.1 Å². The molecule has 0 aliphatic carbocycles. The fraction of sp³-hybridized carbons (Fsp3) is 0.800. The highest BCUT2D eigenvalue weighted by molar-refractivity contribution is 8.00. The maximum absolute atomic E-state index is 11.3. The van der Waals surface area contributed by atoms with Gasteiger partial charge in [0.15, 0.2) is 14.2 Å². The predicted molar refractivity (Wildman–Crippen MR) is 75.1 cm³/mol. The summed E-state index contributed by atoms with van der Waals surface area (Å²) in [7, 11) is -2.77. The largest absolute Gasteiger partial charge is 0.312 e. The van der Waals surface area contributed by atoms with E-state index in [1.54, 1.807) is 11.8 Å². The molecule has 2 heterocycles. The van der Waals surface area contributed by atoms with E-state index in [0.717, 1.165) is 35.3 Å². The Kier molecular flexibility index (Phi) is 4.99. The van der Waals surface area contributed by atoms with Crippen LogP contribution in [-0.4, -0.2) is 47.6 Å². The van der Waals surface area contributed by atoms with Gasteiger partial charge in [-0.05, 0) is 18.0 Å². The van der Waals surface area contributed by atoms with Gasteiger partial charge in [-0.2, -0.15) is 4.37 Å². The Labute approximate surface area is 116 Å². The number of nitrogens with zero attached hydrogens (tertiary/aromatic N) is 2.